The first-order valence-electron chi connectivity index (χ1n) is 5.87. The summed E-state index contributed by atoms with van der Waals surface area (Å²) in [6.07, 6.45) is 0. The number of aromatic nitrogens is 4. The van der Waals surface area contributed by atoms with E-state index in [-0.39, 0.29) is 0 Å². The normalized spacial score (nSPS) is 11.9. The Morgan fingerprint density at radius 2 is 1.06 bits per heavy atom. The van der Waals surface area contributed by atoms with Crippen LogP contribution in [0.25, 0.3) is 32.6 Å². The second-order valence-electron chi connectivity index (χ2n) is 4.59. The summed E-state index contributed by atoms with van der Waals surface area (Å²) in [6, 6.07) is 8.12. The smallest absolute Gasteiger partial charge is 0.0943 e. The highest BCUT2D eigenvalue weighted by molar-refractivity contribution is 6.21. The van der Waals surface area contributed by atoms with Crippen molar-refractivity contribution in [2.24, 2.45) is 0 Å². The molecule has 0 aliphatic rings. The molecular formula is C14H10N4. The van der Waals surface area contributed by atoms with Crippen molar-refractivity contribution in [1.29, 1.82) is 0 Å². The molecule has 2 aromatic carbocycles. The van der Waals surface area contributed by atoms with Gasteiger partial charge in [-0.25, -0.2) is 0 Å². The van der Waals surface area contributed by atoms with E-state index < -0.39 is 0 Å². The molecule has 0 fully saturated rings. The van der Waals surface area contributed by atoms with Gasteiger partial charge in [0, 0.05) is 21.5 Å². The van der Waals surface area contributed by atoms with Crippen LogP contribution in [0.2, 0.25) is 0 Å². The minimum atomic E-state index is 0.918. The molecule has 2 heterocycles. The first kappa shape index (κ1) is 9.65. The number of hydrogen-bond acceptors (Lipinski definition) is 4. The average molecular weight is 234 g/mol. The maximum absolute atomic E-state index is 4.26. The van der Waals surface area contributed by atoms with Crippen LogP contribution >= 0.6 is 0 Å². The molecule has 0 saturated heterocycles. The van der Waals surface area contributed by atoms with Crippen molar-refractivity contribution in [3.8, 4) is 0 Å². The molecule has 86 valence electrons. The number of benzene rings is 2. The minimum Gasteiger partial charge on any atom is -0.155 e. The molecule has 4 nitrogen and oxygen atoms in total. The number of rotatable bonds is 0. The number of nitrogens with zero attached hydrogens (tertiary/aromatic N) is 4. The van der Waals surface area contributed by atoms with Crippen LogP contribution < -0.4 is 0 Å². The molecule has 0 bridgehead atoms. The Bertz CT molecular complexity index is 822. The monoisotopic (exact) mass is 234 g/mol. The van der Waals surface area contributed by atoms with E-state index in [2.05, 4.69) is 32.5 Å². The van der Waals surface area contributed by atoms with E-state index >= 15 is 0 Å². The van der Waals surface area contributed by atoms with Crippen molar-refractivity contribution in [1.82, 2.24) is 20.4 Å². The Morgan fingerprint density at radius 3 is 1.50 bits per heavy atom. The summed E-state index contributed by atoms with van der Waals surface area (Å²) in [4.78, 5) is 0. The van der Waals surface area contributed by atoms with Crippen molar-refractivity contribution in [2.45, 2.75) is 13.8 Å². The molecule has 0 radical (unpaired) electrons. The molecular weight excluding hydrogens is 224 g/mol. The van der Waals surface area contributed by atoms with E-state index in [1.165, 1.54) is 0 Å². The SMILES string of the molecule is Cc1nnc2ccc3c(C)nnc4ccc1c2c43. The van der Waals surface area contributed by atoms with Crippen LogP contribution in [0.4, 0.5) is 0 Å². The largest absolute Gasteiger partial charge is 0.155 e. The molecule has 0 saturated carbocycles. The van der Waals surface area contributed by atoms with E-state index in [0.717, 1.165) is 44.0 Å². The molecule has 2 aromatic heterocycles. The van der Waals surface area contributed by atoms with Gasteiger partial charge in [0.15, 0.2) is 0 Å². The van der Waals surface area contributed by atoms with Gasteiger partial charge in [0.25, 0.3) is 0 Å². The third-order valence-corrected chi connectivity index (χ3v) is 3.51. The van der Waals surface area contributed by atoms with Crippen LogP contribution in [0.3, 0.4) is 0 Å². The fourth-order valence-electron chi connectivity index (χ4n) is 2.59. The van der Waals surface area contributed by atoms with Gasteiger partial charge < -0.3 is 0 Å². The summed E-state index contributed by atoms with van der Waals surface area (Å²) in [5.41, 5.74) is 3.74. The van der Waals surface area contributed by atoms with E-state index in [4.69, 9.17) is 0 Å². The van der Waals surface area contributed by atoms with Crippen LogP contribution in [-0.2, 0) is 0 Å². The predicted octanol–water partition coefficient (Wildman–Crippen LogP) is 2.78. The van der Waals surface area contributed by atoms with Crippen molar-refractivity contribution < 1.29 is 0 Å². The Kier molecular flexibility index (Phi) is 1.66. The van der Waals surface area contributed by atoms with Crippen LogP contribution in [0, 0.1) is 13.8 Å². The lowest BCUT2D eigenvalue weighted by Crippen LogP contribution is -1.96. The van der Waals surface area contributed by atoms with Crippen molar-refractivity contribution >= 4 is 32.6 Å². The molecule has 18 heavy (non-hydrogen) atoms. The highest BCUT2D eigenvalue weighted by Gasteiger charge is 2.13. The topological polar surface area (TPSA) is 51.6 Å². The summed E-state index contributed by atoms with van der Waals surface area (Å²) in [7, 11) is 0. The first-order valence-corrected chi connectivity index (χ1v) is 5.87. The molecule has 4 heteroatoms. The van der Waals surface area contributed by atoms with Gasteiger partial charge in [0.05, 0.1) is 22.4 Å². The zero-order valence-corrected chi connectivity index (χ0v) is 10.1. The van der Waals surface area contributed by atoms with Crippen LogP contribution in [0.5, 0.6) is 0 Å². The maximum Gasteiger partial charge on any atom is 0.0943 e. The molecule has 0 spiro atoms. The molecule has 4 rings (SSSR count). The Morgan fingerprint density at radius 1 is 0.611 bits per heavy atom. The second kappa shape index (κ2) is 3.10. The summed E-state index contributed by atoms with van der Waals surface area (Å²) in [6.45, 7) is 3.97. The number of hydrogen-bond donors (Lipinski definition) is 0. The fourth-order valence-corrected chi connectivity index (χ4v) is 2.59. The lowest BCUT2D eigenvalue weighted by molar-refractivity contribution is 1.02. The van der Waals surface area contributed by atoms with Gasteiger partial charge in [-0.15, -0.1) is 0 Å². The quantitative estimate of drug-likeness (QED) is 0.439. The minimum absolute atomic E-state index is 0.918. The van der Waals surface area contributed by atoms with Gasteiger partial charge in [-0.2, -0.15) is 20.4 Å². The molecule has 0 unspecified atom stereocenters. The van der Waals surface area contributed by atoms with Crippen LogP contribution in [-0.4, -0.2) is 20.4 Å². The molecule has 4 aromatic rings. The van der Waals surface area contributed by atoms with Crippen molar-refractivity contribution in [3.63, 3.8) is 0 Å². The van der Waals surface area contributed by atoms with E-state index in [0.29, 0.717) is 0 Å². The van der Waals surface area contributed by atoms with E-state index in [9.17, 15) is 0 Å². The fraction of sp³-hybridized carbons (Fsp3) is 0.143. The standard InChI is InChI=1S/C14H10N4/c1-7-9-3-5-12-14-10(8(2)16-18-12)4-6-11(13(9)14)17-15-7/h3-6H,1-2H3. The molecule has 0 N–H and O–H groups in total. The number of aryl methyl sites for hydroxylation is 2. The van der Waals surface area contributed by atoms with Crippen LogP contribution in [0.1, 0.15) is 11.4 Å². The van der Waals surface area contributed by atoms with Crippen LogP contribution in [0.15, 0.2) is 24.3 Å². The van der Waals surface area contributed by atoms with Gasteiger partial charge in [-0.3, -0.25) is 0 Å². The second-order valence-corrected chi connectivity index (χ2v) is 4.59. The Labute approximate surface area is 103 Å². The van der Waals surface area contributed by atoms with Gasteiger partial charge in [-0.1, -0.05) is 12.1 Å². The summed E-state index contributed by atoms with van der Waals surface area (Å²) >= 11 is 0. The third kappa shape index (κ3) is 1.05. The van der Waals surface area contributed by atoms with Crippen molar-refractivity contribution in [3.05, 3.63) is 35.7 Å². The van der Waals surface area contributed by atoms with Gasteiger partial charge in [0.2, 0.25) is 0 Å². The molecule has 0 amide bonds. The highest BCUT2D eigenvalue weighted by Crippen LogP contribution is 2.33. The Hall–Kier alpha value is -2.36. The lowest BCUT2D eigenvalue weighted by Gasteiger charge is -2.10. The van der Waals surface area contributed by atoms with E-state index in [1.54, 1.807) is 0 Å². The lowest BCUT2D eigenvalue weighted by atomic mass is 9.99. The highest BCUT2D eigenvalue weighted by atomic mass is 15.1. The summed E-state index contributed by atoms with van der Waals surface area (Å²) < 4.78 is 0. The first-order chi connectivity index (χ1) is 8.75. The molecule has 0 aliphatic heterocycles. The summed E-state index contributed by atoms with van der Waals surface area (Å²) in [5, 5.41) is 21.5. The van der Waals surface area contributed by atoms with E-state index in [1.807, 2.05) is 26.0 Å². The maximum atomic E-state index is 4.26. The predicted molar refractivity (Wildman–Crippen MR) is 70.8 cm³/mol. The Balaban J connectivity index is 2.47. The summed E-state index contributed by atoms with van der Waals surface area (Å²) in [5.74, 6) is 0. The van der Waals surface area contributed by atoms with Gasteiger partial charge in [0.1, 0.15) is 0 Å². The zero-order chi connectivity index (χ0) is 12.3. The average Bonchev–Trinajstić information content (AvgIpc) is 2.40. The van der Waals surface area contributed by atoms with Crippen molar-refractivity contribution in [2.75, 3.05) is 0 Å². The molecule has 0 aliphatic carbocycles. The van der Waals surface area contributed by atoms with Gasteiger partial charge >= 0.3 is 0 Å². The van der Waals surface area contributed by atoms with Gasteiger partial charge in [-0.05, 0) is 26.0 Å². The zero-order valence-electron chi connectivity index (χ0n) is 10.1. The molecule has 0 atom stereocenters. The third-order valence-electron chi connectivity index (χ3n) is 3.51.